The molecule has 2 aliphatic rings. The predicted octanol–water partition coefficient (Wildman–Crippen LogP) is 5.26. The van der Waals surface area contributed by atoms with Gasteiger partial charge in [0.25, 0.3) is 0 Å². The van der Waals surface area contributed by atoms with E-state index in [0.717, 1.165) is 57.5 Å². The molecule has 0 unspecified atom stereocenters. The molecule has 134 valence electrons. The molecule has 0 aliphatic heterocycles. The van der Waals surface area contributed by atoms with Crippen LogP contribution in [0.25, 0.3) is 0 Å². The highest BCUT2D eigenvalue weighted by Crippen LogP contribution is 2.33. The summed E-state index contributed by atoms with van der Waals surface area (Å²) >= 11 is 0. The molecule has 0 radical (unpaired) electrons. The molecule has 3 heteroatoms. The first-order chi connectivity index (χ1) is 11.2. The maximum atomic E-state index is 12.4. The summed E-state index contributed by atoms with van der Waals surface area (Å²) < 4.78 is 11.7. The Morgan fingerprint density at radius 3 is 2.13 bits per heavy atom. The van der Waals surface area contributed by atoms with Gasteiger partial charge in [0.1, 0.15) is 6.10 Å². The van der Waals surface area contributed by atoms with Gasteiger partial charge < -0.3 is 9.47 Å². The fourth-order valence-corrected chi connectivity index (χ4v) is 4.07. The minimum Gasteiger partial charge on any atom is -0.462 e. The summed E-state index contributed by atoms with van der Waals surface area (Å²) in [5, 5.41) is 0. The molecule has 0 saturated heterocycles. The third-order valence-electron chi connectivity index (χ3n) is 5.63. The first-order valence-electron chi connectivity index (χ1n) is 10.0. The van der Waals surface area contributed by atoms with E-state index in [1.807, 2.05) is 0 Å². The van der Waals surface area contributed by atoms with Crippen LogP contribution >= 0.6 is 0 Å². The number of esters is 1. The zero-order chi connectivity index (χ0) is 16.5. The van der Waals surface area contributed by atoms with E-state index in [9.17, 15) is 4.79 Å². The molecule has 2 saturated carbocycles. The highest BCUT2D eigenvalue weighted by Gasteiger charge is 2.30. The molecular weight excluding hydrogens is 288 g/mol. The standard InChI is InChI=1S/C20H36O3/c1-3-5-15-22-18-11-13-19(14-12-18)23-20(21)17-9-7-16(6-4-2)8-10-17/h16-19H,3-15H2,1-2H3. The highest BCUT2D eigenvalue weighted by atomic mass is 16.5. The lowest BCUT2D eigenvalue weighted by Crippen LogP contribution is -2.32. The molecule has 0 spiro atoms. The van der Waals surface area contributed by atoms with Gasteiger partial charge in [-0.05, 0) is 63.7 Å². The smallest absolute Gasteiger partial charge is 0.309 e. The van der Waals surface area contributed by atoms with Gasteiger partial charge in [-0.1, -0.05) is 33.1 Å². The van der Waals surface area contributed by atoms with E-state index in [4.69, 9.17) is 9.47 Å². The summed E-state index contributed by atoms with van der Waals surface area (Å²) in [6.07, 6.45) is 14.0. The second-order valence-electron chi connectivity index (χ2n) is 7.57. The quantitative estimate of drug-likeness (QED) is 0.451. The molecule has 2 aliphatic carbocycles. The Kier molecular flexibility index (Phi) is 8.43. The fourth-order valence-electron chi connectivity index (χ4n) is 4.07. The number of unbranched alkanes of at least 4 members (excludes halogenated alkanes) is 1. The Morgan fingerprint density at radius 2 is 1.52 bits per heavy atom. The van der Waals surface area contributed by atoms with Crippen molar-refractivity contribution in [1.29, 1.82) is 0 Å². The summed E-state index contributed by atoms with van der Waals surface area (Å²) in [5.74, 6) is 1.09. The summed E-state index contributed by atoms with van der Waals surface area (Å²) in [4.78, 5) is 12.4. The topological polar surface area (TPSA) is 35.5 Å². The van der Waals surface area contributed by atoms with Crippen LogP contribution in [0.5, 0.6) is 0 Å². The van der Waals surface area contributed by atoms with Crippen LogP contribution in [0.4, 0.5) is 0 Å². The predicted molar refractivity (Wildman–Crippen MR) is 93.4 cm³/mol. The van der Waals surface area contributed by atoms with Gasteiger partial charge in [0.05, 0.1) is 12.0 Å². The van der Waals surface area contributed by atoms with Gasteiger partial charge >= 0.3 is 5.97 Å². The van der Waals surface area contributed by atoms with Gasteiger partial charge in [-0.2, -0.15) is 0 Å². The normalized spacial score (nSPS) is 31.7. The number of ether oxygens (including phenoxy) is 2. The van der Waals surface area contributed by atoms with Crippen molar-refractivity contribution in [1.82, 2.24) is 0 Å². The van der Waals surface area contributed by atoms with E-state index in [-0.39, 0.29) is 18.0 Å². The van der Waals surface area contributed by atoms with Crippen molar-refractivity contribution in [3.05, 3.63) is 0 Å². The second-order valence-corrected chi connectivity index (χ2v) is 7.57. The van der Waals surface area contributed by atoms with Crippen molar-refractivity contribution >= 4 is 5.97 Å². The van der Waals surface area contributed by atoms with E-state index in [2.05, 4.69) is 13.8 Å². The molecule has 0 aromatic heterocycles. The molecule has 0 aromatic rings. The molecule has 2 fully saturated rings. The summed E-state index contributed by atoms with van der Waals surface area (Å²) in [5.41, 5.74) is 0. The van der Waals surface area contributed by atoms with Gasteiger partial charge in [0.15, 0.2) is 0 Å². The first-order valence-corrected chi connectivity index (χ1v) is 10.0. The molecule has 0 aromatic carbocycles. The van der Waals surface area contributed by atoms with E-state index in [0.29, 0.717) is 6.10 Å². The van der Waals surface area contributed by atoms with Gasteiger partial charge in [0.2, 0.25) is 0 Å². The van der Waals surface area contributed by atoms with Crippen molar-refractivity contribution in [3.8, 4) is 0 Å². The van der Waals surface area contributed by atoms with Crippen LogP contribution in [0.1, 0.15) is 90.9 Å². The molecule has 0 N–H and O–H groups in total. The van der Waals surface area contributed by atoms with Gasteiger partial charge in [0, 0.05) is 6.61 Å². The third-order valence-corrected chi connectivity index (χ3v) is 5.63. The summed E-state index contributed by atoms with van der Waals surface area (Å²) in [6, 6.07) is 0. The maximum absolute atomic E-state index is 12.4. The molecule has 0 atom stereocenters. The van der Waals surface area contributed by atoms with E-state index < -0.39 is 0 Å². The van der Waals surface area contributed by atoms with Crippen LogP contribution < -0.4 is 0 Å². The van der Waals surface area contributed by atoms with Crippen molar-refractivity contribution in [3.63, 3.8) is 0 Å². The average Bonchev–Trinajstić information content (AvgIpc) is 2.57. The second kappa shape index (κ2) is 10.3. The fraction of sp³-hybridized carbons (Fsp3) is 0.950. The van der Waals surface area contributed by atoms with Crippen molar-refractivity contribution in [2.75, 3.05) is 6.61 Å². The monoisotopic (exact) mass is 324 g/mol. The van der Waals surface area contributed by atoms with Crippen molar-refractivity contribution < 1.29 is 14.3 Å². The van der Waals surface area contributed by atoms with Gasteiger partial charge in [-0.3, -0.25) is 4.79 Å². The first kappa shape index (κ1) is 18.8. The zero-order valence-electron chi connectivity index (χ0n) is 15.2. The molecule has 0 amide bonds. The van der Waals surface area contributed by atoms with E-state index in [1.54, 1.807) is 0 Å². The minimum atomic E-state index is 0.0790. The molecule has 3 nitrogen and oxygen atoms in total. The Labute approximate surface area is 142 Å². The number of hydrogen-bond donors (Lipinski definition) is 0. The van der Waals surface area contributed by atoms with Crippen LogP contribution in [-0.2, 0) is 14.3 Å². The third kappa shape index (κ3) is 6.45. The van der Waals surface area contributed by atoms with Gasteiger partial charge in [-0.15, -0.1) is 0 Å². The molecule has 0 bridgehead atoms. The van der Waals surface area contributed by atoms with E-state index in [1.165, 1.54) is 32.1 Å². The van der Waals surface area contributed by atoms with Crippen LogP contribution in [0.3, 0.4) is 0 Å². The molecule has 2 rings (SSSR count). The van der Waals surface area contributed by atoms with Crippen LogP contribution in [0, 0.1) is 11.8 Å². The molecule has 0 heterocycles. The largest absolute Gasteiger partial charge is 0.462 e. The SMILES string of the molecule is CCCCOC1CCC(OC(=O)C2CCC(CCC)CC2)CC1. The molecular formula is C20H36O3. The minimum absolute atomic E-state index is 0.0790. The number of hydrogen-bond acceptors (Lipinski definition) is 3. The summed E-state index contributed by atoms with van der Waals surface area (Å²) in [7, 11) is 0. The van der Waals surface area contributed by atoms with Crippen LogP contribution in [0.2, 0.25) is 0 Å². The lowest BCUT2D eigenvalue weighted by Gasteiger charge is -2.31. The number of rotatable bonds is 8. The Balaban J connectivity index is 1.61. The lowest BCUT2D eigenvalue weighted by atomic mass is 9.80. The van der Waals surface area contributed by atoms with Crippen LogP contribution in [-0.4, -0.2) is 24.8 Å². The molecule has 23 heavy (non-hydrogen) atoms. The lowest BCUT2D eigenvalue weighted by molar-refractivity contribution is -0.158. The Morgan fingerprint density at radius 1 is 0.870 bits per heavy atom. The Hall–Kier alpha value is -0.570. The Bertz CT molecular complexity index is 326. The summed E-state index contributed by atoms with van der Waals surface area (Å²) in [6.45, 7) is 5.32. The van der Waals surface area contributed by atoms with Crippen molar-refractivity contribution in [2.45, 2.75) is 103 Å². The highest BCUT2D eigenvalue weighted by molar-refractivity contribution is 5.72. The average molecular weight is 325 g/mol. The zero-order valence-corrected chi connectivity index (χ0v) is 15.2. The van der Waals surface area contributed by atoms with Gasteiger partial charge in [-0.25, -0.2) is 0 Å². The maximum Gasteiger partial charge on any atom is 0.309 e. The van der Waals surface area contributed by atoms with Crippen LogP contribution in [0.15, 0.2) is 0 Å². The number of carbonyl (C=O) groups is 1. The van der Waals surface area contributed by atoms with Crippen molar-refractivity contribution in [2.24, 2.45) is 11.8 Å². The van der Waals surface area contributed by atoms with E-state index >= 15 is 0 Å². The number of carbonyl (C=O) groups excluding carboxylic acids is 1.